The summed E-state index contributed by atoms with van der Waals surface area (Å²) < 4.78 is 1.87. The van der Waals surface area contributed by atoms with E-state index in [0.29, 0.717) is 19.5 Å². The van der Waals surface area contributed by atoms with Gasteiger partial charge >= 0.3 is 5.97 Å². The van der Waals surface area contributed by atoms with Crippen LogP contribution in [0.5, 0.6) is 0 Å². The number of carbonyl (C=O) groups is 2. The number of amides is 1. The molecular weight excluding hydrogens is 258 g/mol. The zero-order chi connectivity index (χ0) is 14.7. The summed E-state index contributed by atoms with van der Waals surface area (Å²) in [5.41, 5.74) is 1.70. The molecule has 0 aliphatic rings. The van der Waals surface area contributed by atoms with E-state index in [4.69, 9.17) is 5.11 Å². The van der Waals surface area contributed by atoms with E-state index in [-0.39, 0.29) is 11.5 Å². The fraction of sp³-hybridized carbons (Fsp3) is 0.357. The van der Waals surface area contributed by atoms with Crippen LogP contribution in [0, 0.1) is 6.92 Å². The molecule has 0 saturated carbocycles. The second kappa shape index (κ2) is 5.73. The molecule has 0 aliphatic heterocycles. The molecule has 0 radical (unpaired) electrons. The molecule has 2 N–H and O–H groups in total. The molecule has 0 atom stereocenters. The van der Waals surface area contributed by atoms with Crippen LogP contribution in [0.2, 0.25) is 0 Å². The van der Waals surface area contributed by atoms with E-state index in [1.54, 1.807) is 12.1 Å². The smallest absolute Gasteiger partial charge is 0.335 e. The number of fused-ring (bicyclic) bond motifs is 1. The topological polar surface area (TPSA) is 84.2 Å². The van der Waals surface area contributed by atoms with Gasteiger partial charge in [0.05, 0.1) is 16.6 Å². The van der Waals surface area contributed by atoms with Crippen molar-refractivity contribution in [2.45, 2.75) is 26.8 Å². The summed E-state index contributed by atoms with van der Waals surface area (Å²) in [4.78, 5) is 26.9. The number of nitrogens with one attached hydrogen (secondary N) is 1. The van der Waals surface area contributed by atoms with Crippen LogP contribution in [0.15, 0.2) is 18.2 Å². The molecule has 6 heteroatoms. The number of carboxylic acids is 1. The van der Waals surface area contributed by atoms with Gasteiger partial charge in [-0.25, -0.2) is 9.78 Å². The van der Waals surface area contributed by atoms with Crippen molar-refractivity contribution < 1.29 is 14.7 Å². The van der Waals surface area contributed by atoms with Crippen molar-refractivity contribution in [2.24, 2.45) is 0 Å². The highest BCUT2D eigenvalue weighted by atomic mass is 16.4. The van der Waals surface area contributed by atoms with Crippen LogP contribution >= 0.6 is 0 Å². The number of carboxylic acid groups (broad SMARTS) is 1. The number of rotatable bonds is 5. The number of nitrogens with zero attached hydrogens (tertiary/aromatic N) is 2. The summed E-state index contributed by atoms with van der Waals surface area (Å²) in [6, 6.07) is 4.81. The van der Waals surface area contributed by atoms with Crippen molar-refractivity contribution >= 4 is 22.9 Å². The Morgan fingerprint density at radius 3 is 2.80 bits per heavy atom. The maximum atomic E-state index is 11.5. The minimum Gasteiger partial charge on any atom is -0.478 e. The van der Waals surface area contributed by atoms with Crippen molar-refractivity contribution in [3.63, 3.8) is 0 Å². The standard InChI is InChI=1S/C14H17N3O3/c1-3-15-13(18)6-7-17-9(2)16-11-5-4-10(14(19)20)8-12(11)17/h4-5,8H,3,6-7H2,1-2H3,(H,15,18)(H,19,20). The first-order chi connectivity index (χ1) is 9.52. The van der Waals surface area contributed by atoms with Gasteiger partial charge in [0.15, 0.2) is 0 Å². The van der Waals surface area contributed by atoms with Gasteiger partial charge in [0.1, 0.15) is 5.82 Å². The van der Waals surface area contributed by atoms with Crippen molar-refractivity contribution in [1.82, 2.24) is 14.9 Å². The number of aromatic nitrogens is 2. The predicted octanol–water partition coefficient (Wildman–Crippen LogP) is 1.57. The van der Waals surface area contributed by atoms with Crippen LogP contribution in [0.3, 0.4) is 0 Å². The van der Waals surface area contributed by atoms with Crippen molar-refractivity contribution in [3.05, 3.63) is 29.6 Å². The van der Waals surface area contributed by atoms with Gasteiger partial charge in [-0.3, -0.25) is 4.79 Å². The zero-order valence-corrected chi connectivity index (χ0v) is 11.5. The average molecular weight is 275 g/mol. The highest BCUT2D eigenvalue weighted by Crippen LogP contribution is 2.18. The molecule has 1 aromatic heterocycles. The van der Waals surface area contributed by atoms with Crippen molar-refractivity contribution in [3.8, 4) is 0 Å². The van der Waals surface area contributed by atoms with Crippen LogP contribution in [0.25, 0.3) is 11.0 Å². The lowest BCUT2D eigenvalue weighted by Gasteiger charge is -2.07. The van der Waals surface area contributed by atoms with Gasteiger partial charge in [0.2, 0.25) is 5.91 Å². The normalized spacial score (nSPS) is 10.7. The predicted molar refractivity (Wildman–Crippen MR) is 74.7 cm³/mol. The molecule has 106 valence electrons. The molecule has 2 rings (SSSR count). The zero-order valence-electron chi connectivity index (χ0n) is 11.5. The Hall–Kier alpha value is -2.37. The second-order valence-corrected chi connectivity index (χ2v) is 4.52. The lowest BCUT2D eigenvalue weighted by atomic mass is 10.2. The molecule has 6 nitrogen and oxygen atoms in total. The third-order valence-corrected chi connectivity index (χ3v) is 3.12. The van der Waals surface area contributed by atoms with E-state index in [1.807, 2.05) is 18.4 Å². The molecule has 0 aliphatic carbocycles. The lowest BCUT2D eigenvalue weighted by Crippen LogP contribution is -2.23. The number of hydrogen-bond donors (Lipinski definition) is 2. The summed E-state index contributed by atoms with van der Waals surface area (Å²) in [5, 5.41) is 11.8. The molecule has 0 fully saturated rings. The molecule has 0 unspecified atom stereocenters. The molecule has 2 aromatic rings. The van der Waals surface area contributed by atoms with Crippen LogP contribution in [0.4, 0.5) is 0 Å². The van der Waals surface area contributed by atoms with Gasteiger partial charge in [0, 0.05) is 19.5 Å². The number of imidazole rings is 1. The Labute approximate surface area is 116 Å². The molecule has 1 heterocycles. The third kappa shape index (κ3) is 2.79. The quantitative estimate of drug-likeness (QED) is 0.867. The molecule has 1 amide bonds. The Balaban J connectivity index is 2.31. The molecule has 1 aromatic carbocycles. The minimum absolute atomic E-state index is 0.0249. The summed E-state index contributed by atoms with van der Waals surface area (Å²) in [7, 11) is 0. The van der Waals surface area contributed by atoms with Crippen LogP contribution in [-0.2, 0) is 11.3 Å². The van der Waals surface area contributed by atoms with Gasteiger partial charge in [-0.15, -0.1) is 0 Å². The van der Waals surface area contributed by atoms with Gasteiger partial charge < -0.3 is 15.0 Å². The molecule has 0 saturated heterocycles. The number of hydrogen-bond acceptors (Lipinski definition) is 3. The molecule has 20 heavy (non-hydrogen) atoms. The first-order valence-corrected chi connectivity index (χ1v) is 6.49. The van der Waals surface area contributed by atoms with Crippen LogP contribution in [-0.4, -0.2) is 33.1 Å². The van der Waals surface area contributed by atoms with Crippen LogP contribution in [0.1, 0.15) is 29.5 Å². The Bertz CT molecular complexity index is 661. The lowest BCUT2D eigenvalue weighted by molar-refractivity contribution is -0.121. The fourth-order valence-corrected chi connectivity index (χ4v) is 2.16. The highest BCUT2D eigenvalue weighted by Gasteiger charge is 2.11. The number of aryl methyl sites for hydroxylation is 2. The first-order valence-electron chi connectivity index (χ1n) is 6.49. The highest BCUT2D eigenvalue weighted by molar-refractivity contribution is 5.92. The monoisotopic (exact) mass is 275 g/mol. The first kappa shape index (κ1) is 14.0. The van der Waals surface area contributed by atoms with Crippen LogP contribution < -0.4 is 5.32 Å². The Morgan fingerprint density at radius 1 is 1.40 bits per heavy atom. The summed E-state index contributed by atoms with van der Waals surface area (Å²) in [5.74, 6) is -0.226. The van der Waals surface area contributed by atoms with Gasteiger partial charge in [-0.05, 0) is 32.0 Å². The Morgan fingerprint density at radius 2 is 2.15 bits per heavy atom. The summed E-state index contributed by atoms with van der Waals surface area (Å²) in [6.45, 7) is 4.80. The van der Waals surface area contributed by atoms with E-state index in [9.17, 15) is 9.59 Å². The van der Waals surface area contributed by atoms with E-state index >= 15 is 0 Å². The Kier molecular flexibility index (Phi) is 4.02. The average Bonchev–Trinajstić information content (AvgIpc) is 2.71. The SMILES string of the molecule is CCNC(=O)CCn1c(C)nc2ccc(C(=O)O)cc21. The van der Waals surface area contributed by atoms with E-state index in [2.05, 4.69) is 10.3 Å². The van der Waals surface area contributed by atoms with Gasteiger partial charge in [0.25, 0.3) is 0 Å². The summed E-state index contributed by atoms with van der Waals surface area (Å²) >= 11 is 0. The van der Waals surface area contributed by atoms with E-state index < -0.39 is 5.97 Å². The molecule has 0 spiro atoms. The van der Waals surface area contributed by atoms with E-state index in [0.717, 1.165) is 16.9 Å². The summed E-state index contributed by atoms with van der Waals surface area (Å²) in [6.07, 6.45) is 0.345. The van der Waals surface area contributed by atoms with Crippen molar-refractivity contribution in [2.75, 3.05) is 6.54 Å². The number of carbonyl (C=O) groups excluding carboxylic acids is 1. The maximum Gasteiger partial charge on any atom is 0.335 e. The number of aromatic carboxylic acids is 1. The second-order valence-electron chi connectivity index (χ2n) is 4.52. The molecule has 0 bridgehead atoms. The maximum absolute atomic E-state index is 11.5. The fourth-order valence-electron chi connectivity index (χ4n) is 2.16. The van der Waals surface area contributed by atoms with Crippen molar-refractivity contribution in [1.29, 1.82) is 0 Å². The largest absolute Gasteiger partial charge is 0.478 e. The van der Waals surface area contributed by atoms with Gasteiger partial charge in [-0.2, -0.15) is 0 Å². The molecular formula is C14H17N3O3. The van der Waals surface area contributed by atoms with E-state index in [1.165, 1.54) is 6.07 Å². The number of benzene rings is 1. The minimum atomic E-state index is -0.971. The third-order valence-electron chi connectivity index (χ3n) is 3.12. The van der Waals surface area contributed by atoms with Gasteiger partial charge in [-0.1, -0.05) is 0 Å².